The Hall–Kier alpha value is -0.680. The number of benzene rings is 1. The van der Waals surface area contributed by atoms with Crippen molar-refractivity contribution in [1.29, 1.82) is 0 Å². The van der Waals surface area contributed by atoms with E-state index in [1.54, 1.807) is 12.1 Å². The highest BCUT2D eigenvalue weighted by Crippen LogP contribution is 2.21. The highest BCUT2D eigenvalue weighted by Gasteiger charge is 2.27. The molecule has 0 aliphatic carbocycles. The van der Waals surface area contributed by atoms with Crippen LogP contribution in [0.4, 0.5) is 4.39 Å². The molecule has 0 saturated carbocycles. The Kier molecular flexibility index (Phi) is 4.56. The molecule has 0 bridgehead atoms. The van der Waals surface area contributed by atoms with Gasteiger partial charge in [0.25, 0.3) is 0 Å². The number of hydrogen-bond donors (Lipinski definition) is 2. The van der Waals surface area contributed by atoms with Crippen LogP contribution in [0.3, 0.4) is 0 Å². The van der Waals surface area contributed by atoms with E-state index in [4.69, 9.17) is 16.7 Å². The van der Waals surface area contributed by atoms with E-state index in [1.807, 2.05) is 4.90 Å². The van der Waals surface area contributed by atoms with Gasteiger partial charge in [0, 0.05) is 36.2 Å². The third-order valence-electron chi connectivity index (χ3n) is 3.45. The van der Waals surface area contributed by atoms with Crippen molar-refractivity contribution in [2.45, 2.75) is 19.1 Å². The molecule has 1 saturated heterocycles. The summed E-state index contributed by atoms with van der Waals surface area (Å²) < 4.78 is 13.6. The van der Waals surface area contributed by atoms with Crippen LogP contribution < -0.4 is 0 Å². The average molecular weight is 274 g/mol. The quantitative estimate of drug-likeness (QED) is 0.880. The smallest absolute Gasteiger partial charge is 0.129 e. The van der Waals surface area contributed by atoms with Crippen LogP contribution in [-0.2, 0) is 6.54 Å². The van der Waals surface area contributed by atoms with Gasteiger partial charge in [0.15, 0.2) is 0 Å². The van der Waals surface area contributed by atoms with Crippen molar-refractivity contribution in [2.24, 2.45) is 5.92 Å². The van der Waals surface area contributed by atoms with E-state index in [9.17, 15) is 9.50 Å². The summed E-state index contributed by atoms with van der Waals surface area (Å²) in [4.78, 5) is 1.99. The van der Waals surface area contributed by atoms with Crippen LogP contribution in [0, 0.1) is 11.7 Å². The molecule has 2 rings (SSSR count). The Bertz CT molecular complexity index is 416. The SMILES string of the molecule is OC[C@H]1CCN(Cc2ccc(Cl)cc2F)C[C@H]1O. The molecule has 0 aromatic heterocycles. The first-order valence-corrected chi connectivity index (χ1v) is 6.43. The fourth-order valence-corrected chi connectivity index (χ4v) is 2.45. The molecule has 0 radical (unpaired) electrons. The number of piperidine rings is 1. The Morgan fingerprint density at radius 2 is 2.22 bits per heavy atom. The molecule has 0 amide bonds. The molecular formula is C13H17ClFNO2. The Morgan fingerprint density at radius 3 is 2.83 bits per heavy atom. The van der Waals surface area contributed by atoms with Crippen molar-refractivity contribution in [1.82, 2.24) is 4.90 Å². The summed E-state index contributed by atoms with van der Waals surface area (Å²) in [6.45, 7) is 1.68. The second-order valence-corrected chi connectivity index (χ2v) is 5.21. The average Bonchev–Trinajstić information content (AvgIpc) is 2.33. The first kappa shape index (κ1) is 13.7. The van der Waals surface area contributed by atoms with E-state index in [0.29, 0.717) is 23.7 Å². The number of nitrogens with zero attached hydrogens (tertiary/aromatic N) is 1. The summed E-state index contributed by atoms with van der Waals surface area (Å²) in [7, 11) is 0. The summed E-state index contributed by atoms with van der Waals surface area (Å²) in [6.07, 6.45) is 0.187. The predicted molar refractivity (Wildman–Crippen MR) is 67.9 cm³/mol. The summed E-state index contributed by atoms with van der Waals surface area (Å²) in [6, 6.07) is 4.63. The summed E-state index contributed by atoms with van der Waals surface area (Å²) >= 11 is 5.70. The second kappa shape index (κ2) is 5.97. The molecule has 1 aliphatic heterocycles. The van der Waals surface area contributed by atoms with Gasteiger partial charge in [0.05, 0.1) is 6.10 Å². The molecule has 2 N–H and O–H groups in total. The van der Waals surface area contributed by atoms with Gasteiger partial charge in [-0.2, -0.15) is 0 Å². The number of likely N-dealkylation sites (tertiary alicyclic amines) is 1. The lowest BCUT2D eigenvalue weighted by Crippen LogP contribution is -2.44. The van der Waals surface area contributed by atoms with E-state index >= 15 is 0 Å². The minimum atomic E-state index is -0.542. The lowest BCUT2D eigenvalue weighted by molar-refractivity contribution is -0.00473. The third-order valence-corrected chi connectivity index (χ3v) is 3.68. The van der Waals surface area contributed by atoms with Crippen LogP contribution in [0.2, 0.25) is 5.02 Å². The van der Waals surface area contributed by atoms with E-state index < -0.39 is 6.10 Å². The molecule has 1 aromatic carbocycles. The first-order valence-electron chi connectivity index (χ1n) is 6.05. The van der Waals surface area contributed by atoms with E-state index in [2.05, 4.69) is 0 Å². The molecule has 1 fully saturated rings. The van der Waals surface area contributed by atoms with Gasteiger partial charge >= 0.3 is 0 Å². The summed E-state index contributed by atoms with van der Waals surface area (Å²) in [5.74, 6) is -0.377. The number of aliphatic hydroxyl groups excluding tert-OH is 2. The first-order chi connectivity index (χ1) is 8.60. The zero-order chi connectivity index (χ0) is 13.1. The maximum absolute atomic E-state index is 13.6. The van der Waals surface area contributed by atoms with Gasteiger partial charge in [-0.25, -0.2) is 4.39 Å². The van der Waals surface area contributed by atoms with Gasteiger partial charge in [0.1, 0.15) is 5.82 Å². The minimum Gasteiger partial charge on any atom is -0.396 e. The maximum atomic E-state index is 13.6. The van der Waals surface area contributed by atoms with Crippen molar-refractivity contribution in [2.75, 3.05) is 19.7 Å². The Morgan fingerprint density at radius 1 is 1.44 bits per heavy atom. The molecule has 1 heterocycles. The zero-order valence-electron chi connectivity index (χ0n) is 10.0. The van der Waals surface area contributed by atoms with Crippen LogP contribution in [0.15, 0.2) is 18.2 Å². The van der Waals surface area contributed by atoms with E-state index in [1.165, 1.54) is 6.07 Å². The molecule has 5 heteroatoms. The molecule has 1 aromatic rings. The highest BCUT2D eigenvalue weighted by molar-refractivity contribution is 6.30. The van der Waals surface area contributed by atoms with Crippen LogP contribution in [0.5, 0.6) is 0 Å². The Balaban J connectivity index is 1.98. The number of β-amino-alcohol motifs (C(OH)–C–C–N with tert-alkyl or cyclic N) is 1. The predicted octanol–water partition coefficient (Wildman–Crippen LogP) is 1.65. The Labute approximate surface area is 111 Å². The fourth-order valence-electron chi connectivity index (χ4n) is 2.29. The maximum Gasteiger partial charge on any atom is 0.129 e. The van der Waals surface area contributed by atoms with Crippen molar-refractivity contribution >= 4 is 11.6 Å². The molecule has 18 heavy (non-hydrogen) atoms. The summed E-state index contributed by atoms with van der Waals surface area (Å²) in [5.41, 5.74) is 0.578. The van der Waals surface area contributed by atoms with Crippen molar-refractivity contribution in [3.63, 3.8) is 0 Å². The second-order valence-electron chi connectivity index (χ2n) is 4.77. The van der Waals surface area contributed by atoms with Crippen molar-refractivity contribution < 1.29 is 14.6 Å². The monoisotopic (exact) mass is 273 g/mol. The van der Waals surface area contributed by atoms with Gasteiger partial charge < -0.3 is 10.2 Å². The number of halogens is 2. The van der Waals surface area contributed by atoms with Crippen molar-refractivity contribution in [3.8, 4) is 0 Å². The standard InChI is InChI=1S/C13H17ClFNO2/c14-11-2-1-9(12(15)5-11)6-16-4-3-10(8-17)13(18)7-16/h1-2,5,10,13,17-18H,3-4,6-8H2/t10-,13-/m1/s1. The van der Waals surface area contributed by atoms with Crippen LogP contribution in [-0.4, -0.2) is 40.9 Å². The zero-order valence-corrected chi connectivity index (χ0v) is 10.8. The number of rotatable bonds is 3. The van der Waals surface area contributed by atoms with E-state index in [0.717, 1.165) is 13.0 Å². The molecule has 0 spiro atoms. The lowest BCUT2D eigenvalue weighted by atomic mass is 9.94. The van der Waals surface area contributed by atoms with E-state index in [-0.39, 0.29) is 18.3 Å². The number of hydrogen-bond acceptors (Lipinski definition) is 3. The highest BCUT2D eigenvalue weighted by atomic mass is 35.5. The molecule has 3 nitrogen and oxygen atoms in total. The third kappa shape index (κ3) is 3.20. The molecular weight excluding hydrogens is 257 g/mol. The molecule has 1 aliphatic rings. The van der Waals surface area contributed by atoms with Crippen LogP contribution in [0.1, 0.15) is 12.0 Å². The van der Waals surface area contributed by atoms with Gasteiger partial charge in [-0.15, -0.1) is 0 Å². The van der Waals surface area contributed by atoms with Crippen LogP contribution >= 0.6 is 11.6 Å². The van der Waals surface area contributed by atoms with Gasteiger partial charge in [0.2, 0.25) is 0 Å². The van der Waals surface area contributed by atoms with Gasteiger partial charge in [-0.1, -0.05) is 17.7 Å². The minimum absolute atomic E-state index is 0.00428. The molecule has 0 unspecified atom stereocenters. The largest absolute Gasteiger partial charge is 0.396 e. The lowest BCUT2D eigenvalue weighted by Gasteiger charge is -2.35. The van der Waals surface area contributed by atoms with Gasteiger partial charge in [-0.3, -0.25) is 4.90 Å². The fraction of sp³-hybridized carbons (Fsp3) is 0.538. The number of aliphatic hydroxyl groups is 2. The van der Waals surface area contributed by atoms with Crippen LogP contribution in [0.25, 0.3) is 0 Å². The summed E-state index contributed by atoms with van der Waals surface area (Å²) in [5, 5.41) is 19.3. The van der Waals surface area contributed by atoms with Crippen molar-refractivity contribution in [3.05, 3.63) is 34.6 Å². The van der Waals surface area contributed by atoms with Gasteiger partial charge in [-0.05, 0) is 25.1 Å². The topological polar surface area (TPSA) is 43.7 Å². The molecule has 100 valence electrons. The normalized spacial score (nSPS) is 25.3. The molecule has 2 atom stereocenters.